The van der Waals surface area contributed by atoms with E-state index in [1.807, 2.05) is 12.1 Å². The van der Waals surface area contributed by atoms with Crippen LogP contribution >= 0.6 is 0 Å². The van der Waals surface area contributed by atoms with Crippen molar-refractivity contribution in [2.75, 3.05) is 0 Å². The van der Waals surface area contributed by atoms with E-state index in [1.165, 1.54) is 0 Å². The number of aliphatic imine (C=N–C) groups is 1. The first-order valence-electron chi connectivity index (χ1n) is 5.11. The molecule has 2 aromatic carbocycles. The number of hydrogen-bond donors (Lipinski definition) is 1. The number of phenols is 1. The Kier molecular flexibility index (Phi) is 3.18. The summed E-state index contributed by atoms with van der Waals surface area (Å²) in [5.41, 5.74) is 2.11. The molecule has 17 heavy (non-hydrogen) atoms. The summed E-state index contributed by atoms with van der Waals surface area (Å²) in [5, 5.41) is 18.0. The molecule has 0 aliphatic carbocycles. The van der Waals surface area contributed by atoms with Gasteiger partial charge in [0, 0.05) is 6.21 Å². The molecule has 0 aliphatic rings. The lowest BCUT2D eigenvalue weighted by Crippen LogP contribution is -1.79. The minimum absolute atomic E-state index is 0.208. The fourth-order valence-electron chi connectivity index (χ4n) is 1.41. The van der Waals surface area contributed by atoms with E-state index in [2.05, 4.69) is 11.1 Å². The van der Waals surface area contributed by atoms with Gasteiger partial charge in [-0.3, -0.25) is 4.99 Å². The highest BCUT2D eigenvalue weighted by Crippen LogP contribution is 2.14. The van der Waals surface area contributed by atoms with Crippen LogP contribution in [0.15, 0.2) is 53.5 Å². The molecule has 0 unspecified atom stereocenters. The SMILES string of the molecule is N#Cc1cccc(N=Cc2cccc(O)c2)c1. The highest BCUT2D eigenvalue weighted by molar-refractivity contribution is 5.82. The number of phenolic OH excluding ortho intramolecular Hbond substituents is 1. The summed E-state index contributed by atoms with van der Waals surface area (Å²) in [5.74, 6) is 0.208. The molecule has 0 saturated heterocycles. The maximum Gasteiger partial charge on any atom is 0.116 e. The van der Waals surface area contributed by atoms with Crippen molar-refractivity contribution in [3.8, 4) is 11.8 Å². The molecule has 0 saturated carbocycles. The quantitative estimate of drug-likeness (QED) is 0.794. The molecule has 0 fully saturated rings. The van der Waals surface area contributed by atoms with Gasteiger partial charge in [0.15, 0.2) is 0 Å². The lowest BCUT2D eigenvalue weighted by molar-refractivity contribution is 0.475. The van der Waals surface area contributed by atoms with Crippen molar-refractivity contribution in [2.24, 2.45) is 4.99 Å². The second kappa shape index (κ2) is 4.95. The number of nitriles is 1. The van der Waals surface area contributed by atoms with Crippen molar-refractivity contribution in [3.63, 3.8) is 0 Å². The lowest BCUT2D eigenvalue weighted by Gasteiger charge is -1.96. The van der Waals surface area contributed by atoms with Crippen LogP contribution in [-0.2, 0) is 0 Å². The number of benzene rings is 2. The fraction of sp³-hybridized carbons (Fsp3) is 0. The molecule has 82 valence electrons. The predicted molar refractivity (Wildman–Crippen MR) is 66.5 cm³/mol. The molecular weight excluding hydrogens is 212 g/mol. The zero-order valence-corrected chi connectivity index (χ0v) is 9.04. The molecule has 1 N–H and O–H groups in total. The molecule has 3 nitrogen and oxygen atoms in total. The Bertz CT molecular complexity index is 597. The Morgan fingerprint density at radius 1 is 1.12 bits per heavy atom. The first-order valence-corrected chi connectivity index (χ1v) is 5.11. The van der Waals surface area contributed by atoms with Gasteiger partial charge in [0.1, 0.15) is 5.75 Å². The second-order valence-corrected chi connectivity index (χ2v) is 3.52. The zero-order chi connectivity index (χ0) is 12.1. The van der Waals surface area contributed by atoms with Gasteiger partial charge in [-0.2, -0.15) is 5.26 Å². The van der Waals surface area contributed by atoms with Gasteiger partial charge in [-0.25, -0.2) is 0 Å². The van der Waals surface area contributed by atoms with Crippen molar-refractivity contribution in [2.45, 2.75) is 0 Å². The van der Waals surface area contributed by atoms with Crippen LogP contribution in [0, 0.1) is 11.3 Å². The van der Waals surface area contributed by atoms with E-state index in [0.29, 0.717) is 11.3 Å². The topological polar surface area (TPSA) is 56.4 Å². The van der Waals surface area contributed by atoms with Gasteiger partial charge < -0.3 is 5.11 Å². The summed E-state index contributed by atoms with van der Waals surface area (Å²) in [6.07, 6.45) is 1.65. The monoisotopic (exact) mass is 222 g/mol. The van der Waals surface area contributed by atoms with Crippen LogP contribution in [-0.4, -0.2) is 11.3 Å². The Balaban J connectivity index is 2.23. The summed E-state index contributed by atoms with van der Waals surface area (Å²) in [4.78, 5) is 4.24. The molecule has 0 amide bonds. The summed E-state index contributed by atoms with van der Waals surface area (Å²) in [6, 6.07) is 15.9. The third kappa shape index (κ3) is 2.93. The van der Waals surface area contributed by atoms with E-state index < -0.39 is 0 Å². The molecule has 2 aromatic rings. The minimum Gasteiger partial charge on any atom is -0.508 e. The summed E-state index contributed by atoms with van der Waals surface area (Å²) in [6.45, 7) is 0. The lowest BCUT2D eigenvalue weighted by atomic mass is 10.2. The molecule has 3 heteroatoms. The molecule has 0 aliphatic heterocycles. The van der Waals surface area contributed by atoms with E-state index in [4.69, 9.17) is 5.26 Å². The molecule has 0 bridgehead atoms. The van der Waals surface area contributed by atoms with E-state index in [9.17, 15) is 5.11 Å². The summed E-state index contributed by atoms with van der Waals surface area (Å²) < 4.78 is 0. The van der Waals surface area contributed by atoms with Crippen LogP contribution in [0.3, 0.4) is 0 Å². The largest absolute Gasteiger partial charge is 0.508 e. The van der Waals surface area contributed by atoms with Crippen molar-refractivity contribution >= 4 is 11.9 Å². The first-order chi connectivity index (χ1) is 8.28. The van der Waals surface area contributed by atoms with Crippen molar-refractivity contribution in [1.82, 2.24) is 0 Å². The van der Waals surface area contributed by atoms with E-state index in [1.54, 1.807) is 42.6 Å². The molecule has 0 heterocycles. The third-order valence-corrected chi connectivity index (χ3v) is 2.21. The van der Waals surface area contributed by atoms with Gasteiger partial charge in [0.05, 0.1) is 17.3 Å². The first kappa shape index (κ1) is 10.9. The van der Waals surface area contributed by atoms with Crippen LogP contribution in [0.4, 0.5) is 5.69 Å². The van der Waals surface area contributed by atoms with Crippen LogP contribution < -0.4 is 0 Å². The maximum absolute atomic E-state index is 9.29. The number of aromatic hydroxyl groups is 1. The average molecular weight is 222 g/mol. The van der Waals surface area contributed by atoms with E-state index in [0.717, 1.165) is 5.56 Å². The van der Waals surface area contributed by atoms with Gasteiger partial charge in [-0.1, -0.05) is 18.2 Å². The van der Waals surface area contributed by atoms with Crippen LogP contribution in [0.1, 0.15) is 11.1 Å². The summed E-state index contributed by atoms with van der Waals surface area (Å²) in [7, 11) is 0. The normalized spacial score (nSPS) is 10.3. The predicted octanol–water partition coefficient (Wildman–Crippen LogP) is 3.01. The number of nitrogens with zero attached hydrogens (tertiary/aromatic N) is 2. The fourth-order valence-corrected chi connectivity index (χ4v) is 1.41. The molecule has 0 radical (unpaired) electrons. The molecule has 0 atom stereocenters. The van der Waals surface area contributed by atoms with E-state index >= 15 is 0 Å². The van der Waals surface area contributed by atoms with Gasteiger partial charge in [0.25, 0.3) is 0 Å². The molecule has 0 spiro atoms. The van der Waals surface area contributed by atoms with Gasteiger partial charge >= 0.3 is 0 Å². The van der Waals surface area contributed by atoms with Crippen LogP contribution in [0.5, 0.6) is 5.75 Å². The van der Waals surface area contributed by atoms with Gasteiger partial charge in [-0.05, 0) is 35.9 Å². The van der Waals surface area contributed by atoms with Gasteiger partial charge in [-0.15, -0.1) is 0 Å². The smallest absolute Gasteiger partial charge is 0.116 e. The Hall–Kier alpha value is -2.60. The second-order valence-electron chi connectivity index (χ2n) is 3.52. The molecule has 2 rings (SSSR count). The Morgan fingerprint density at radius 3 is 2.71 bits per heavy atom. The average Bonchev–Trinajstić information content (AvgIpc) is 2.37. The molecular formula is C14H10N2O. The zero-order valence-electron chi connectivity index (χ0n) is 9.04. The van der Waals surface area contributed by atoms with Crippen LogP contribution in [0.25, 0.3) is 0 Å². The number of rotatable bonds is 2. The van der Waals surface area contributed by atoms with E-state index in [-0.39, 0.29) is 5.75 Å². The van der Waals surface area contributed by atoms with Crippen LogP contribution in [0.2, 0.25) is 0 Å². The van der Waals surface area contributed by atoms with Crippen molar-refractivity contribution < 1.29 is 5.11 Å². The van der Waals surface area contributed by atoms with Gasteiger partial charge in [0.2, 0.25) is 0 Å². The maximum atomic E-state index is 9.29. The summed E-state index contributed by atoms with van der Waals surface area (Å²) >= 11 is 0. The molecule has 0 aromatic heterocycles. The third-order valence-electron chi connectivity index (χ3n) is 2.21. The highest BCUT2D eigenvalue weighted by Gasteiger charge is 1.93. The minimum atomic E-state index is 0.208. The standard InChI is InChI=1S/C14H10N2O/c15-9-11-3-1-5-13(7-11)16-10-12-4-2-6-14(17)8-12/h1-8,10,17H. The Labute approximate surface area is 99.3 Å². The van der Waals surface area contributed by atoms with Crippen molar-refractivity contribution in [3.05, 3.63) is 59.7 Å². The van der Waals surface area contributed by atoms with Crippen molar-refractivity contribution in [1.29, 1.82) is 5.26 Å². The highest BCUT2D eigenvalue weighted by atomic mass is 16.3. The number of hydrogen-bond acceptors (Lipinski definition) is 3. The Morgan fingerprint density at radius 2 is 1.94 bits per heavy atom.